The summed E-state index contributed by atoms with van der Waals surface area (Å²) in [6.45, 7) is 7.58. The number of rotatable bonds is 11. The highest BCUT2D eigenvalue weighted by Gasteiger charge is 2.46. The first-order valence-electron chi connectivity index (χ1n) is 12.9. The van der Waals surface area contributed by atoms with Gasteiger partial charge in [-0.3, -0.25) is 9.59 Å². The zero-order valence-corrected chi connectivity index (χ0v) is 21.9. The molecule has 4 rings (SSSR count). The number of hydrogen-bond donors (Lipinski definition) is 1. The summed E-state index contributed by atoms with van der Waals surface area (Å²) < 4.78 is 22.6. The lowest BCUT2D eigenvalue weighted by molar-refractivity contribution is -0.140. The summed E-state index contributed by atoms with van der Waals surface area (Å²) >= 11 is 0. The Morgan fingerprint density at radius 2 is 1.89 bits per heavy atom. The first kappa shape index (κ1) is 26.5. The third kappa shape index (κ3) is 5.44. The Morgan fingerprint density at radius 3 is 2.62 bits per heavy atom. The Morgan fingerprint density at radius 1 is 1.08 bits per heavy atom. The van der Waals surface area contributed by atoms with Crippen LogP contribution in [0, 0.1) is 0 Å². The van der Waals surface area contributed by atoms with Gasteiger partial charge in [-0.15, -0.1) is 0 Å². The summed E-state index contributed by atoms with van der Waals surface area (Å²) in [5, 5.41) is 11.4. The fraction of sp³-hybridized carbons (Fsp3) is 0.448. The van der Waals surface area contributed by atoms with Crippen molar-refractivity contribution in [2.45, 2.75) is 52.2 Å². The van der Waals surface area contributed by atoms with E-state index in [0.717, 1.165) is 17.7 Å². The smallest absolute Gasteiger partial charge is 0.295 e. The number of aliphatic hydroxyl groups is 1. The Labute approximate surface area is 217 Å². The number of methoxy groups -OCH3 is 1. The number of nitrogens with zero attached hydrogens (tertiary/aromatic N) is 1. The third-order valence-electron chi connectivity index (χ3n) is 6.50. The molecule has 8 nitrogen and oxygen atoms in total. The molecule has 2 aromatic rings. The van der Waals surface area contributed by atoms with Gasteiger partial charge in [0.1, 0.15) is 17.6 Å². The molecule has 2 aliphatic heterocycles. The number of ketones is 1. The second-order valence-corrected chi connectivity index (χ2v) is 9.28. The van der Waals surface area contributed by atoms with Crippen LogP contribution in [0.15, 0.2) is 42.0 Å². The van der Waals surface area contributed by atoms with Gasteiger partial charge in [0.05, 0.1) is 24.8 Å². The molecule has 0 saturated carbocycles. The van der Waals surface area contributed by atoms with Crippen LogP contribution in [-0.4, -0.2) is 61.3 Å². The van der Waals surface area contributed by atoms with Crippen molar-refractivity contribution in [3.63, 3.8) is 0 Å². The highest BCUT2D eigenvalue weighted by atomic mass is 16.5. The summed E-state index contributed by atoms with van der Waals surface area (Å²) in [7, 11) is 1.59. The maximum absolute atomic E-state index is 13.3. The van der Waals surface area contributed by atoms with E-state index in [4.69, 9.17) is 18.9 Å². The topological polar surface area (TPSA) is 94.5 Å². The average Bonchev–Trinajstić information content (AvgIpc) is 3.38. The normalized spacial score (nSPS) is 20.2. The quantitative estimate of drug-likeness (QED) is 0.204. The van der Waals surface area contributed by atoms with E-state index in [1.165, 1.54) is 4.90 Å². The lowest BCUT2D eigenvalue weighted by atomic mass is 9.94. The van der Waals surface area contributed by atoms with Gasteiger partial charge in [0.25, 0.3) is 11.7 Å². The molecule has 0 bridgehead atoms. The Balaban J connectivity index is 1.81. The number of benzene rings is 2. The molecule has 2 aliphatic rings. The maximum Gasteiger partial charge on any atom is 0.295 e. The number of fused-ring (bicyclic) bond motifs is 1. The monoisotopic (exact) mass is 509 g/mol. The summed E-state index contributed by atoms with van der Waals surface area (Å²) in [6.07, 6.45) is 2.15. The molecule has 1 saturated heterocycles. The van der Waals surface area contributed by atoms with Crippen molar-refractivity contribution in [2.75, 3.05) is 33.5 Å². The molecule has 0 aliphatic carbocycles. The van der Waals surface area contributed by atoms with Crippen LogP contribution in [0.2, 0.25) is 0 Å². The SMILES string of the molecule is CCCOc1ccc([C@@H]2C(=C(O)c3ccc4c(c3)C[C@@H](C)O4)C(=O)C(=O)N2CCCOC)cc1OCC. The van der Waals surface area contributed by atoms with Crippen LogP contribution < -0.4 is 14.2 Å². The van der Waals surface area contributed by atoms with Gasteiger partial charge in [0.15, 0.2) is 11.5 Å². The molecular weight excluding hydrogens is 474 g/mol. The summed E-state index contributed by atoms with van der Waals surface area (Å²) in [5.41, 5.74) is 2.14. The van der Waals surface area contributed by atoms with Crippen LogP contribution in [0.1, 0.15) is 56.3 Å². The van der Waals surface area contributed by atoms with Crippen LogP contribution in [0.25, 0.3) is 5.76 Å². The van der Waals surface area contributed by atoms with Crippen LogP contribution in [0.4, 0.5) is 0 Å². The summed E-state index contributed by atoms with van der Waals surface area (Å²) in [4.78, 5) is 28.0. The van der Waals surface area contributed by atoms with Crippen LogP contribution in [0.3, 0.4) is 0 Å². The van der Waals surface area contributed by atoms with Gasteiger partial charge >= 0.3 is 0 Å². The van der Waals surface area contributed by atoms with E-state index in [1.54, 1.807) is 31.4 Å². The second kappa shape index (κ2) is 11.7. The molecule has 37 heavy (non-hydrogen) atoms. The molecule has 0 unspecified atom stereocenters. The van der Waals surface area contributed by atoms with Crippen LogP contribution >= 0.6 is 0 Å². The second-order valence-electron chi connectivity index (χ2n) is 9.28. The molecule has 8 heteroatoms. The zero-order chi connectivity index (χ0) is 26.5. The Bertz CT molecular complexity index is 1190. The molecule has 2 atom stereocenters. The van der Waals surface area contributed by atoms with Crippen molar-refractivity contribution >= 4 is 17.4 Å². The lowest BCUT2D eigenvalue weighted by Crippen LogP contribution is -2.31. The van der Waals surface area contributed by atoms with E-state index in [-0.39, 0.29) is 17.4 Å². The van der Waals surface area contributed by atoms with Gasteiger partial charge in [-0.05, 0) is 68.1 Å². The van der Waals surface area contributed by atoms with Crippen molar-refractivity contribution in [3.05, 3.63) is 58.7 Å². The van der Waals surface area contributed by atoms with Crippen molar-refractivity contribution in [3.8, 4) is 17.2 Å². The maximum atomic E-state index is 13.3. The molecule has 1 N–H and O–H groups in total. The van der Waals surface area contributed by atoms with Gasteiger partial charge in [-0.2, -0.15) is 0 Å². The average molecular weight is 510 g/mol. The molecule has 1 amide bonds. The van der Waals surface area contributed by atoms with Gasteiger partial charge < -0.3 is 29.0 Å². The van der Waals surface area contributed by atoms with E-state index >= 15 is 0 Å². The highest BCUT2D eigenvalue weighted by molar-refractivity contribution is 6.46. The fourth-order valence-electron chi connectivity index (χ4n) is 4.86. The van der Waals surface area contributed by atoms with E-state index in [1.807, 2.05) is 32.9 Å². The third-order valence-corrected chi connectivity index (χ3v) is 6.50. The molecule has 0 aromatic heterocycles. The molecule has 0 radical (unpaired) electrons. The van der Waals surface area contributed by atoms with Gasteiger partial charge in [-0.1, -0.05) is 13.0 Å². The predicted octanol–water partition coefficient (Wildman–Crippen LogP) is 4.66. The molecule has 0 spiro atoms. The number of ether oxygens (including phenoxy) is 4. The van der Waals surface area contributed by atoms with Gasteiger partial charge in [-0.25, -0.2) is 0 Å². The number of hydrogen-bond acceptors (Lipinski definition) is 7. The summed E-state index contributed by atoms with van der Waals surface area (Å²) in [5.74, 6) is 0.323. The van der Waals surface area contributed by atoms with Gasteiger partial charge in [0.2, 0.25) is 0 Å². The minimum atomic E-state index is -0.778. The Kier molecular flexibility index (Phi) is 8.38. The largest absolute Gasteiger partial charge is 0.507 e. The molecule has 1 fully saturated rings. The van der Waals surface area contributed by atoms with Crippen molar-refractivity contribution in [2.24, 2.45) is 0 Å². The standard InChI is InChI=1S/C29H35NO7/c1-5-13-36-23-11-8-19(17-24(23)35-6-2)26-25(28(32)29(33)30(26)12-7-14-34-4)27(31)20-9-10-22-21(16-20)15-18(3)37-22/h8-11,16-18,26,31H,5-7,12-15H2,1-4H3/t18-,26-/m1/s1. The van der Waals surface area contributed by atoms with Crippen molar-refractivity contribution < 1.29 is 33.6 Å². The number of carbonyl (C=O) groups excluding carboxylic acids is 2. The van der Waals surface area contributed by atoms with E-state index in [9.17, 15) is 14.7 Å². The number of likely N-dealkylation sites (tertiary alicyclic amines) is 1. The number of amides is 1. The number of carbonyl (C=O) groups is 2. The molecule has 198 valence electrons. The first-order chi connectivity index (χ1) is 17.9. The Hall–Kier alpha value is -3.52. The van der Waals surface area contributed by atoms with E-state index in [0.29, 0.717) is 61.8 Å². The van der Waals surface area contributed by atoms with E-state index in [2.05, 4.69) is 0 Å². The molecule has 2 aromatic carbocycles. The highest BCUT2D eigenvalue weighted by Crippen LogP contribution is 2.43. The first-order valence-corrected chi connectivity index (χ1v) is 12.9. The van der Waals surface area contributed by atoms with Gasteiger partial charge in [0, 0.05) is 32.2 Å². The van der Waals surface area contributed by atoms with Crippen LogP contribution in [-0.2, 0) is 20.7 Å². The van der Waals surface area contributed by atoms with E-state index < -0.39 is 17.7 Å². The fourth-order valence-corrected chi connectivity index (χ4v) is 4.86. The number of Topliss-reactive ketones (excluding diaryl/α,β-unsaturated/α-hetero) is 1. The van der Waals surface area contributed by atoms with Crippen molar-refractivity contribution in [1.29, 1.82) is 0 Å². The molecular formula is C29H35NO7. The molecule has 2 heterocycles. The minimum absolute atomic E-state index is 0.0455. The predicted molar refractivity (Wildman–Crippen MR) is 139 cm³/mol. The van der Waals surface area contributed by atoms with Crippen LogP contribution in [0.5, 0.6) is 17.2 Å². The van der Waals surface area contributed by atoms with Crippen molar-refractivity contribution in [1.82, 2.24) is 4.90 Å². The minimum Gasteiger partial charge on any atom is -0.507 e. The summed E-state index contributed by atoms with van der Waals surface area (Å²) in [6, 6.07) is 9.97. The zero-order valence-electron chi connectivity index (χ0n) is 21.9. The lowest BCUT2D eigenvalue weighted by Gasteiger charge is -2.26. The number of aliphatic hydroxyl groups excluding tert-OH is 1.